The van der Waals surface area contributed by atoms with Gasteiger partial charge in [-0.2, -0.15) is 11.8 Å². The molecule has 2 heterocycles. The summed E-state index contributed by atoms with van der Waals surface area (Å²) in [7, 11) is 1.68. The quantitative estimate of drug-likeness (QED) is 0.887. The molecule has 132 valence electrons. The van der Waals surface area contributed by atoms with E-state index in [4.69, 9.17) is 4.74 Å². The molecule has 0 aromatic heterocycles. The Kier molecular flexibility index (Phi) is 6.26. The highest BCUT2D eigenvalue weighted by atomic mass is 32.2. The van der Waals surface area contributed by atoms with Crippen LogP contribution in [-0.2, 0) is 0 Å². The number of nitrogens with zero attached hydrogens (tertiary/aromatic N) is 2. The molecular weight excluding hydrogens is 322 g/mol. The molecule has 5 nitrogen and oxygen atoms in total. The second kappa shape index (κ2) is 8.62. The molecule has 1 atom stereocenters. The van der Waals surface area contributed by atoms with Gasteiger partial charge in [0.15, 0.2) is 0 Å². The van der Waals surface area contributed by atoms with Gasteiger partial charge in [0.25, 0.3) is 0 Å². The molecule has 1 aromatic carbocycles. The van der Waals surface area contributed by atoms with Crippen molar-refractivity contribution in [2.24, 2.45) is 0 Å². The Hall–Kier alpha value is -1.40. The molecule has 2 aliphatic heterocycles. The van der Waals surface area contributed by atoms with Crippen molar-refractivity contribution in [3.63, 3.8) is 0 Å². The zero-order valence-corrected chi connectivity index (χ0v) is 15.2. The number of nitrogens with one attached hydrogen (secondary N) is 1. The van der Waals surface area contributed by atoms with E-state index in [0.717, 1.165) is 43.4 Å². The topological polar surface area (TPSA) is 44.8 Å². The smallest absolute Gasteiger partial charge is 0.317 e. The van der Waals surface area contributed by atoms with Gasteiger partial charge in [0.2, 0.25) is 0 Å². The Morgan fingerprint density at radius 1 is 1.17 bits per heavy atom. The van der Waals surface area contributed by atoms with Crippen LogP contribution in [0.15, 0.2) is 24.3 Å². The zero-order valence-electron chi connectivity index (χ0n) is 14.4. The molecule has 2 aliphatic rings. The molecule has 1 aromatic rings. The summed E-state index contributed by atoms with van der Waals surface area (Å²) in [6.45, 7) is 4.58. The Morgan fingerprint density at radius 3 is 2.46 bits per heavy atom. The normalized spacial score (nSPS) is 20.0. The third-order valence-electron chi connectivity index (χ3n) is 4.83. The molecule has 0 spiro atoms. The summed E-state index contributed by atoms with van der Waals surface area (Å²) in [6.07, 6.45) is 2.48. The molecule has 2 saturated heterocycles. The van der Waals surface area contributed by atoms with Crippen molar-refractivity contribution >= 4 is 17.8 Å². The van der Waals surface area contributed by atoms with Crippen LogP contribution in [0.2, 0.25) is 0 Å². The van der Waals surface area contributed by atoms with Crippen LogP contribution in [0.1, 0.15) is 24.4 Å². The summed E-state index contributed by atoms with van der Waals surface area (Å²) in [4.78, 5) is 16.8. The van der Waals surface area contributed by atoms with Crippen molar-refractivity contribution in [1.82, 2.24) is 15.1 Å². The van der Waals surface area contributed by atoms with Crippen LogP contribution in [0, 0.1) is 0 Å². The van der Waals surface area contributed by atoms with Crippen LogP contribution >= 0.6 is 11.8 Å². The largest absolute Gasteiger partial charge is 0.497 e. The van der Waals surface area contributed by atoms with Crippen LogP contribution < -0.4 is 10.1 Å². The lowest BCUT2D eigenvalue weighted by Gasteiger charge is -2.31. The van der Waals surface area contributed by atoms with Crippen LogP contribution in [0.4, 0.5) is 4.79 Å². The molecule has 0 unspecified atom stereocenters. The van der Waals surface area contributed by atoms with Crippen LogP contribution in [0.3, 0.4) is 0 Å². The lowest BCUT2D eigenvalue weighted by atomic mass is 10.1. The van der Waals surface area contributed by atoms with E-state index in [1.165, 1.54) is 18.4 Å². The molecule has 0 radical (unpaired) electrons. The van der Waals surface area contributed by atoms with Crippen molar-refractivity contribution in [3.05, 3.63) is 29.8 Å². The molecular formula is C18H27N3O2S. The number of hydrogen-bond acceptors (Lipinski definition) is 4. The van der Waals surface area contributed by atoms with E-state index in [1.807, 2.05) is 28.8 Å². The summed E-state index contributed by atoms with van der Waals surface area (Å²) in [5.41, 5.74) is 1.24. The number of ether oxygens (including phenoxy) is 1. The van der Waals surface area contributed by atoms with Gasteiger partial charge >= 0.3 is 6.03 Å². The van der Waals surface area contributed by atoms with E-state index in [2.05, 4.69) is 22.3 Å². The maximum Gasteiger partial charge on any atom is 0.317 e. The minimum Gasteiger partial charge on any atom is -0.497 e. The predicted octanol–water partition coefficient (Wildman–Crippen LogP) is 2.59. The maximum atomic E-state index is 12.4. The summed E-state index contributed by atoms with van der Waals surface area (Å²) in [5.74, 6) is 2.96. The molecule has 3 rings (SSSR count). The zero-order chi connectivity index (χ0) is 16.8. The van der Waals surface area contributed by atoms with E-state index < -0.39 is 0 Å². The first-order valence-corrected chi connectivity index (χ1v) is 9.92. The maximum absolute atomic E-state index is 12.4. The van der Waals surface area contributed by atoms with Gasteiger partial charge < -0.3 is 15.0 Å². The third kappa shape index (κ3) is 4.36. The van der Waals surface area contributed by atoms with Gasteiger partial charge in [-0.25, -0.2) is 4.79 Å². The lowest BCUT2D eigenvalue weighted by molar-refractivity contribution is 0.192. The van der Waals surface area contributed by atoms with Crippen molar-refractivity contribution in [2.45, 2.75) is 18.9 Å². The van der Waals surface area contributed by atoms with Crippen LogP contribution in [-0.4, -0.2) is 67.2 Å². The Labute approximate surface area is 148 Å². The summed E-state index contributed by atoms with van der Waals surface area (Å²) >= 11 is 1.92. The minimum atomic E-state index is 0.0769. The van der Waals surface area contributed by atoms with E-state index in [-0.39, 0.29) is 12.1 Å². The Balaban J connectivity index is 1.64. The number of thioether (sulfide) groups is 1. The third-order valence-corrected chi connectivity index (χ3v) is 5.77. The number of likely N-dealkylation sites (tertiary alicyclic amines) is 1. The number of amides is 2. The number of carbonyl (C=O) groups excluding carboxylic acids is 1. The first-order chi connectivity index (χ1) is 11.8. The molecule has 24 heavy (non-hydrogen) atoms. The number of rotatable bonds is 5. The molecule has 2 amide bonds. The van der Waals surface area contributed by atoms with Gasteiger partial charge in [-0.15, -0.1) is 0 Å². The number of hydrogen-bond donors (Lipinski definition) is 1. The fourth-order valence-electron chi connectivity index (χ4n) is 3.40. The van der Waals surface area contributed by atoms with Crippen LogP contribution in [0.5, 0.6) is 5.75 Å². The van der Waals surface area contributed by atoms with Gasteiger partial charge in [-0.05, 0) is 43.6 Å². The fourth-order valence-corrected chi connectivity index (χ4v) is 4.30. The van der Waals surface area contributed by atoms with Crippen molar-refractivity contribution < 1.29 is 9.53 Å². The van der Waals surface area contributed by atoms with Crippen molar-refractivity contribution in [2.75, 3.05) is 51.3 Å². The van der Waals surface area contributed by atoms with E-state index in [0.29, 0.717) is 6.54 Å². The first kappa shape index (κ1) is 17.4. The Morgan fingerprint density at radius 2 is 1.83 bits per heavy atom. The van der Waals surface area contributed by atoms with Gasteiger partial charge in [-0.1, -0.05) is 12.1 Å². The molecule has 0 saturated carbocycles. The van der Waals surface area contributed by atoms with Gasteiger partial charge in [0.05, 0.1) is 13.2 Å². The molecule has 0 bridgehead atoms. The standard InChI is InChI=1S/C18H27N3O2S/c1-23-16-6-4-15(5-7-16)17(20-8-2-3-9-20)14-19-18(22)21-10-12-24-13-11-21/h4-7,17H,2-3,8-14H2,1H3,(H,19,22)/t17-/m1/s1. The lowest BCUT2D eigenvalue weighted by Crippen LogP contribution is -2.46. The number of carbonyl (C=O) groups is 1. The second-order valence-electron chi connectivity index (χ2n) is 6.32. The average Bonchev–Trinajstić information content (AvgIpc) is 3.17. The SMILES string of the molecule is COc1ccc([C@@H](CNC(=O)N2CCSCC2)N2CCCC2)cc1. The molecule has 1 N–H and O–H groups in total. The van der Waals surface area contributed by atoms with Crippen LogP contribution in [0.25, 0.3) is 0 Å². The summed E-state index contributed by atoms with van der Waals surface area (Å²) < 4.78 is 5.26. The monoisotopic (exact) mass is 349 g/mol. The number of methoxy groups -OCH3 is 1. The molecule has 6 heteroatoms. The predicted molar refractivity (Wildman–Crippen MR) is 98.8 cm³/mol. The average molecular weight is 350 g/mol. The summed E-state index contributed by atoms with van der Waals surface area (Å²) in [5, 5.41) is 3.16. The minimum absolute atomic E-state index is 0.0769. The van der Waals surface area contributed by atoms with Gasteiger partial charge in [-0.3, -0.25) is 4.90 Å². The fraction of sp³-hybridized carbons (Fsp3) is 0.611. The molecule has 2 fully saturated rings. The first-order valence-electron chi connectivity index (χ1n) is 8.76. The van der Waals surface area contributed by atoms with Gasteiger partial charge in [0.1, 0.15) is 5.75 Å². The van der Waals surface area contributed by atoms with E-state index in [1.54, 1.807) is 7.11 Å². The highest BCUT2D eigenvalue weighted by Gasteiger charge is 2.25. The van der Waals surface area contributed by atoms with E-state index >= 15 is 0 Å². The second-order valence-corrected chi connectivity index (χ2v) is 7.54. The number of urea groups is 1. The summed E-state index contributed by atoms with van der Waals surface area (Å²) in [6, 6.07) is 8.55. The highest BCUT2D eigenvalue weighted by molar-refractivity contribution is 7.99. The van der Waals surface area contributed by atoms with Crippen molar-refractivity contribution in [3.8, 4) is 5.75 Å². The van der Waals surface area contributed by atoms with E-state index in [9.17, 15) is 4.79 Å². The van der Waals surface area contributed by atoms with Crippen molar-refractivity contribution in [1.29, 1.82) is 0 Å². The Bertz CT molecular complexity index is 526. The molecule has 0 aliphatic carbocycles. The highest BCUT2D eigenvalue weighted by Crippen LogP contribution is 2.26. The number of benzene rings is 1. The van der Waals surface area contributed by atoms with Gasteiger partial charge in [0, 0.05) is 31.1 Å².